The van der Waals surface area contributed by atoms with Gasteiger partial charge in [0, 0.05) is 0 Å². The van der Waals surface area contributed by atoms with Crippen molar-refractivity contribution < 1.29 is 23.8 Å². The molecule has 0 radical (unpaired) electrons. The van der Waals surface area contributed by atoms with Crippen LogP contribution in [-0.2, 0) is 23.8 Å². The lowest BCUT2D eigenvalue weighted by molar-refractivity contribution is -0.172. The molecule has 5 heteroatoms. The molecular weight excluding hydrogens is 404 g/mol. The number of hydrogen-bond acceptors (Lipinski definition) is 5. The van der Waals surface area contributed by atoms with Crippen molar-refractivity contribution in [2.24, 2.45) is 58.7 Å². The van der Waals surface area contributed by atoms with E-state index >= 15 is 0 Å². The van der Waals surface area contributed by atoms with Gasteiger partial charge in [0.05, 0.1) is 17.4 Å². The zero-order chi connectivity index (χ0) is 22.2. The second-order valence-corrected chi connectivity index (χ2v) is 12.7. The fraction of sp³-hybridized carbons (Fsp3) is 0.926. The maximum absolute atomic E-state index is 12.9. The Kier molecular flexibility index (Phi) is 5.17. The lowest BCUT2D eigenvalue weighted by Crippen LogP contribution is -2.42. The van der Waals surface area contributed by atoms with Crippen molar-refractivity contribution in [2.45, 2.75) is 90.8 Å². The van der Waals surface area contributed by atoms with Gasteiger partial charge < -0.3 is 14.2 Å². The summed E-state index contributed by atoms with van der Waals surface area (Å²) >= 11 is 0. The summed E-state index contributed by atoms with van der Waals surface area (Å²) in [4.78, 5) is 25.6. The molecule has 0 amide bonds. The van der Waals surface area contributed by atoms with E-state index in [1.807, 2.05) is 13.8 Å². The summed E-state index contributed by atoms with van der Waals surface area (Å²) in [6.45, 7) is 6.17. The molecule has 5 nitrogen and oxygen atoms in total. The van der Waals surface area contributed by atoms with E-state index < -0.39 is 5.41 Å². The minimum Gasteiger partial charge on any atom is -0.462 e. The molecule has 0 aromatic carbocycles. The van der Waals surface area contributed by atoms with E-state index in [0.717, 1.165) is 38.0 Å². The summed E-state index contributed by atoms with van der Waals surface area (Å²) in [5, 5.41) is 0. The quantitative estimate of drug-likeness (QED) is 0.315. The first-order valence-corrected chi connectivity index (χ1v) is 13.3. The van der Waals surface area contributed by atoms with Gasteiger partial charge in [0.25, 0.3) is 0 Å². The lowest BCUT2D eigenvalue weighted by Gasteiger charge is -2.41. The van der Waals surface area contributed by atoms with Gasteiger partial charge in [-0.15, -0.1) is 0 Å². The summed E-state index contributed by atoms with van der Waals surface area (Å²) in [6, 6.07) is 0. The van der Waals surface area contributed by atoms with Gasteiger partial charge in [0.2, 0.25) is 0 Å². The van der Waals surface area contributed by atoms with Gasteiger partial charge in [0.1, 0.15) is 6.10 Å². The van der Waals surface area contributed by atoms with Crippen molar-refractivity contribution in [2.75, 3.05) is 6.79 Å². The molecule has 11 atom stereocenters. The van der Waals surface area contributed by atoms with Crippen LogP contribution in [0.25, 0.3) is 0 Å². The predicted molar refractivity (Wildman–Crippen MR) is 118 cm³/mol. The molecule has 0 spiro atoms. The molecule has 6 saturated carbocycles. The number of hydrogen-bond donors (Lipinski definition) is 0. The maximum atomic E-state index is 12.9. The molecule has 0 aliphatic heterocycles. The van der Waals surface area contributed by atoms with Crippen molar-refractivity contribution in [1.82, 2.24) is 0 Å². The Balaban J connectivity index is 1.03. The van der Waals surface area contributed by atoms with E-state index in [1.54, 1.807) is 0 Å². The fourth-order valence-corrected chi connectivity index (χ4v) is 9.06. The monoisotopic (exact) mass is 444 g/mol. The molecule has 0 aromatic rings. The average Bonchev–Trinajstić information content (AvgIpc) is 3.60. The largest absolute Gasteiger partial charge is 0.462 e. The Morgan fingerprint density at radius 1 is 0.844 bits per heavy atom. The Morgan fingerprint density at radius 2 is 1.59 bits per heavy atom. The number of fused-ring (bicyclic) bond motifs is 11. The smallest absolute Gasteiger partial charge is 0.311 e. The highest BCUT2D eigenvalue weighted by molar-refractivity contribution is 5.76. The molecule has 32 heavy (non-hydrogen) atoms. The van der Waals surface area contributed by atoms with Crippen LogP contribution in [0.1, 0.15) is 78.6 Å². The average molecular weight is 445 g/mol. The van der Waals surface area contributed by atoms with E-state index in [-0.39, 0.29) is 30.8 Å². The van der Waals surface area contributed by atoms with E-state index in [0.29, 0.717) is 47.5 Å². The van der Waals surface area contributed by atoms with Crippen molar-refractivity contribution in [3.05, 3.63) is 0 Å². The van der Waals surface area contributed by atoms with Gasteiger partial charge in [-0.1, -0.05) is 6.92 Å². The van der Waals surface area contributed by atoms with Gasteiger partial charge in [-0.2, -0.15) is 0 Å². The third kappa shape index (κ3) is 3.27. The number of rotatable bonds is 7. The third-order valence-corrected chi connectivity index (χ3v) is 10.9. The minimum absolute atomic E-state index is 0.0189. The van der Waals surface area contributed by atoms with Crippen LogP contribution in [0.2, 0.25) is 0 Å². The molecule has 178 valence electrons. The van der Waals surface area contributed by atoms with Gasteiger partial charge in [-0.3, -0.25) is 9.59 Å². The minimum atomic E-state index is -0.398. The van der Waals surface area contributed by atoms with E-state index in [1.165, 1.54) is 25.7 Å². The van der Waals surface area contributed by atoms with Crippen LogP contribution in [0.4, 0.5) is 0 Å². The van der Waals surface area contributed by atoms with E-state index in [4.69, 9.17) is 14.2 Å². The van der Waals surface area contributed by atoms with Crippen LogP contribution in [0.5, 0.6) is 0 Å². The standard InChI is InChI=1S/C27H40O5/c1-4-27(2,3)26(29)32-22-12-17-11-20(22)24-16-9-18(23(17)24)19(10-16)25(28)31-13-30-21-8-14-5-6-15(21)7-14/h14-24H,4-13H2,1-3H3. The predicted octanol–water partition coefficient (Wildman–Crippen LogP) is 4.97. The Bertz CT molecular complexity index is 776. The number of carbonyl (C=O) groups excluding carboxylic acids is 2. The maximum Gasteiger partial charge on any atom is 0.311 e. The zero-order valence-electron chi connectivity index (χ0n) is 20.0. The normalized spacial score (nSPS) is 47.8. The molecular formula is C27H40O5. The van der Waals surface area contributed by atoms with Crippen molar-refractivity contribution in [3.8, 4) is 0 Å². The van der Waals surface area contributed by atoms with Crippen LogP contribution in [0.15, 0.2) is 0 Å². The molecule has 0 heterocycles. The molecule has 11 unspecified atom stereocenters. The van der Waals surface area contributed by atoms with E-state index in [9.17, 15) is 9.59 Å². The first-order valence-electron chi connectivity index (χ1n) is 13.3. The van der Waals surface area contributed by atoms with Crippen LogP contribution in [0.3, 0.4) is 0 Å². The third-order valence-electron chi connectivity index (χ3n) is 10.9. The summed E-state index contributed by atoms with van der Waals surface area (Å²) in [6.07, 6.45) is 10.6. The van der Waals surface area contributed by atoms with Crippen molar-refractivity contribution >= 4 is 11.9 Å². The first kappa shape index (κ1) is 21.4. The Labute approximate surface area is 192 Å². The van der Waals surface area contributed by atoms with Crippen LogP contribution in [-0.4, -0.2) is 30.9 Å². The molecule has 6 bridgehead atoms. The molecule has 6 fully saturated rings. The highest BCUT2D eigenvalue weighted by atomic mass is 16.7. The zero-order valence-corrected chi connectivity index (χ0v) is 20.0. The first-order chi connectivity index (χ1) is 15.4. The molecule has 6 rings (SSSR count). The number of esters is 2. The molecule has 0 saturated heterocycles. The van der Waals surface area contributed by atoms with Crippen LogP contribution >= 0.6 is 0 Å². The Morgan fingerprint density at radius 3 is 2.31 bits per heavy atom. The van der Waals surface area contributed by atoms with Crippen LogP contribution in [0, 0.1) is 58.7 Å². The van der Waals surface area contributed by atoms with Gasteiger partial charge in [-0.05, 0) is 119 Å². The second kappa shape index (κ2) is 7.71. The highest BCUT2D eigenvalue weighted by Crippen LogP contribution is 2.69. The Hall–Kier alpha value is -1.10. The van der Waals surface area contributed by atoms with Crippen LogP contribution < -0.4 is 0 Å². The topological polar surface area (TPSA) is 61.8 Å². The molecule has 0 aromatic heterocycles. The van der Waals surface area contributed by atoms with Crippen molar-refractivity contribution in [1.29, 1.82) is 0 Å². The summed E-state index contributed by atoms with van der Waals surface area (Å²) in [5.41, 5.74) is -0.398. The fourth-order valence-electron chi connectivity index (χ4n) is 9.06. The van der Waals surface area contributed by atoms with Gasteiger partial charge in [-0.25, -0.2) is 0 Å². The summed E-state index contributed by atoms with van der Waals surface area (Å²) in [7, 11) is 0. The lowest BCUT2D eigenvalue weighted by atomic mass is 9.67. The van der Waals surface area contributed by atoms with Gasteiger partial charge in [0.15, 0.2) is 6.79 Å². The number of carbonyl (C=O) groups is 2. The second-order valence-electron chi connectivity index (χ2n) is 12.7. The molecule has 6 aliphatic carbocycles. The number of ether oxygens (including phenoxy) is 3. The van der Waals surface area contributed by atoms with E-state index in [2.05, 4.69) is 6.92 Å². The summed E-state index contributed by atoms with van der Waals surface area (Å²) in [5.74, 6) is 5.03. The summed E-state index contributed by atoms with van der Waals surface area (Å²) < 4.78 is 17.7. The highest BCUT2D eigenvalue weighted by Gasteiger charge is 2.66. The van der Waals surface area contributed by atoms with Gasteiger partial charge >= 0.3 is 11.9 Å². The van der Waals surface area contributed by atoms with Crippen molar-refractivity contribution in [3.63, 3.8) is 0 Å². The SMILES string of the molecule is CCC(C)(C)C(=O)OC1CC2CC1C1C3CC(C(=O)OCOC4CC5CCC4C5)C(C3)C21. The molecule has 6 aliphatic rings. The molecule has 0 N–H and O–H groups in total.